The largest absolute Gasteiger partial charge is 0.289 e. The molecule has 9 heavy (non-hydrogen) atoms. The van der Waals surface area contributed by atoms with Crippen molar-refractivity contribution in [2.45, 2.75) is 0 Å². The van der Waals surface area contributed by atoms with Crippen LogP contribution < -0.4 is 0 Å². The van der Waals surface area contributed by atoms with Gasteiger partial charge in [0.05, 0.1) is 18.3 Å². The van der Waals surface area contributed by atoms with E-state index in [0.717, 1.165) is 0 Å². The van der Waals surface area contributed by atoms with Crippen molar-refractivity contribution in [3.8, 4) is 12.3 Å². The maximum atomic E-state index is 10.9. The van der Waals surface area contributed by atoms with Gasteiger partial charge in [-0.3, -0.25) is 4.18 Å². The minimum Gasteiger partial charge on any atom is -0.289 e. The van der Waals surface area contributed by atoms with E-state index < -0.39 is 8.77 Å². The van der Waals surface area contributed by atoms with Crippen molar-refractivity contribution in [1.82, 2.24) is 0 Å². The third kappa shape index (κ3) is 1.65. The molecule has 4 heteroatoms. The summed E-state index contributed by atoms with van der Waals surface area (Å²) in [6.07, 6.45) is 5.05. The van der Waals surface area contributed by atoms with Crippen LogP contribution in [0.5, 0.6) is 0 Å². The van der Waals surface area contributed by atoms with Gasteiger partial charge in [-0.2, -0.15) is 0 Å². The Morgan fingerprint density at radius 2 is 2.56 bits per heavy atom. The normalized spacial score (nSPS) is 42.3. The molecule has 0 bridgehead atoms. The Bertz CT molecular complexity index is 234. The first-order chi connectivity index (χ1) is 4.14. The average Bonchev–Trinajstić information content (AvgIpc) is 2.10. The SMILES string of the molecule is C#CC1COS(=O)(=S)C1. The minimum absolute atomic E-state index is 0.0324. The lowest BCUT2D eigenvalue weighted by molar-refractivity contribution is 0.356. The summed E-state index contributed by atoms with van der Waals surface area (Å²) in [4.78, 5) is 0. The molecule has 1 aliphatic heterocycles. The summed E-state index contributed by atoms with van der Waals surface area (Å²) in [7, 11) is -2.42. The number of rotatable bonds is 0. The van der Waals surface area contributed by atoms with E-state index in [1.165, 1.54) is 0 Å². The molecule has 0 aromatic carbocycles. The van der Waals surface area contributed by atoms with Gasteiger partial charge in [0.2, 0.25) is 0 Å². The molecule has 0 spiro atoms. The minimum atomic E-state index is -2.42. The van der Waals surface area contributed by atoms with Gasteiger partial charge < -0.3 is 0 Å². The van der Waals surface area contributed by atoms with E-state index in [1.54, 1.807) is 0 Å². The summed E-state index contributed by atoms with van der Waals surface area (Å²) < 4.78 is 15.6. The number of hydrogen-bond donors (Lipinski definition) is 0. The van der Waals surface area contributed by atoms with Crippen molar-refractivity contribution in [1.29, 1.82) is 0 Å². The van der Waals surface area contributed by atoms with Crippen LogP contribution >= 0.6 is 0 Å². The van der Waals surface area contributed by atoms with Crippen LogP contribution in [-0.2, 0) is 24.1 Å². The smallest absolute Gasteiger partial charge is 0.145 e. The van der Waals surface area contributed by atoms with Crippen LogP contribution in [-0.4, -0.2) is 16.6 Å². The second kappa shape index (κ2) is 2.25. The lowest BCUT2D eigenvalue weighted by Gasteiger charge is -1.88. The predicted molar refractivity (Wildman–Crippen MR) is 38.6 cm³/mol. The second-order valence-corrected chi connectivity index (χ2v) is 5.08. The van der Waals surface area contributed by atoms with Crippen molar-refractivity contribution >= 4 is 20.0 Å². The molecule has 1 aliphatic rings. The zero-order valence-electron chi connectivity index (χ0n) is 4.70. The molecule has 0 amide bonds. The first kappa shape index (κ1) is 7.00. The molecule has 0 aromatic rings. The summed E-state index contributed by atoms with van der Waals surface area (Å²) >= 11 is 4.56. The Hall–Kier alpha value is -0.110. The third-order valence-electron chi connectivity index (χ3n) is 1.09. The summed E-state index contributed by atoms with van der Waals surface area (Å²) in [6, 6.07) is 0. The van der Waals surface area contributed by atoms with Gasteiger partial charge in [-0.25, -0.2) is 4.21 Å². The summed E-state index contributed by atoms with van der Waals surface area (Å²) in [6.45, 7) is 0.360. The van der Waals surface area contributed by atoms with Gasteiger partial charge in [0.25, 0.3) is 0 Å². The van der Waals surface area contributed by atoms with E-state index in [9.17, 15) is 4.21 Å². The number of terminal acetylenes is 1. The van der Waals surface area contributed by atoms with Crippen molar-refractivity contribution in [2.75, 3.05) is 12.4 Å². The molecule has 0 N–H and O–H groups in total. The van der Waals surface area contributed by atoms with Crippen LogP contribution in [0.3, 0.4) is 0 Å². The molecule has 2 atom stereocenters. The van der Waals surface area contributed by atoms with Crippen LogP contribution in [0.4, 0.5) is 0 Å². The van der Waals surface area contributed by atoms with Gasteiger partial charge >= 0.3 is 0 Å². The monoisotopic (exact) mass is 162 g/mol. The van der Waals surface area contributed by atoms with Crippen LogP contribution in [0, 0.1) is 18.3 Å². The fraction of sp³-hybridized carbons (Fsp3) is 0.600. The van der Waals surface area contributed by atoms with Crippen LogP contribution in [0.25, 0.3) is 0 Å². The molecular formula is C5H6O2S2. The fourth-order valence-corrected chi connectivity index (χ4v) is 2.44. The molecule has 0 saturated carbocycles. The zero-order valence-corrected chi connectivity index (χ0v) is 6.33. The first-order valence-electron chi connectivity index (χ1n) is 2.47. The molecule has 1 heterocycles. The van der Waals surface area contributed by atoms with Crippen molar-refractivity contribution in [2.24, 2.45) is 5.92 Å². The molecular weight excluding hydrogens is 156 g/mol. The summed E-state index contributed by atoms with van der Waals surface area (Å²) in [5.74, 6) is 2.76. The summed E-state index contributed by atoms with van der Waals surface area (Å²) in [5.41, 5.74) is 0. The Kier molecular flexibility index (Phi) is 1.75. The van der Waals surface area contributed by atoms with Gasteiger partial charge in [-0.1, -0.05) is 5.92 Å². The van der Waals surface area contributed by atoms with Gasteiger partial charge in [0.1, 0.15) is 8.77 Å². The maximum Gasteiger partial charge on any atom is 0.145 e. The maximum absolute atomic E-state index is 10.9. The standard InChI is InChI=1S/C5H6O2S2/c1-2-5-3-7-9(6,8)4-5/h1,5H,3-4H2. The Labute approximate surface area is 59.5 Å². The average molecular weight is 162 g/mol. The highest BCUT2D eigenvalue weighted by atomic mass is 32.8. The quantitative estimate of drug-likeness (QED) is 0.466. The van der Waals surface area contributed by atoms with Gasteiger partial charge in [-0.05, 0) is 0 Å². The zero-order chi connectivity index (χ0) is 6.91. The third-order valence-corrected chi connectivity index (χ3v) is 3.09. The van der Waals surface area contributed by atoms with E-state index in [2.05, 4.69) is 17.1 Å². The van der Waals surface area contributed by atoms with Crippen molar-refractivity contribution in [3.05, 3.63) is 0 Å². The first-order valence-corrected chi connectivity index (χ1v) is 5.05. The van der Waals surface area contributed by atoms with E-state index >= 15 is 0 Å². The second-order valence-electron chi connectivity index (χ2n) is 1.87. The molecule has 0 aromatic heterocycles. The fourth-order valence-electron chi connectivity index (χ4n) is 0.625. The van der Waals surface area contributed by atoms with Crippen molar-refractivity contribution < 1.29 is 8.39 Å². The lowest BCUT2D eigenvalue weighted by Crippen LogP contribution is -2.01. The van der Waals surface area contributed by atoms with Crippen molar-refractivity contribution in [3.63, 3.8) is 0 Å². The molecule has 1 saturated heterocycles. The van der Waals surface area contributed by atoms with E-state index in [-0.39, 0.29) is 5.92 Å². The van der Waals surface area contributed by atoms with Gasteiger partial charge in [0, 0.05) is 11.2 Å². The highest BCUT2D eigenvalue weighted by Crippen LogP contribution is 2.13. The topological polar surface area (TPSA) is 26.3 Å². The molecule has 1 rings (SSSR count). The van der Waals surface area contributed by atoms with E-state index in [4.69, 9.17) is 10.6 Å². The molecule has 1 fully saturated rings. The molecule has 0 radical (unpaired) electrons. The van der Waals surface area contributed by atoms with E-state index in [1.807, 2.05) is 0 Å². The van der Waals surface area contributed by atoms with E-state index in [0.29, 0.717) is 12.4 Å². The summed E-state index contributed by atoms with van der Waals surface area (Å²) in [5, 5.41) is 0. The van der Waals surface area contributed by atoms with Crippen LogP contribution in [0.1, 0.15) is 0 Å². The molecule has 2 nitrogen and oxygen atoms in total. The Morgan fingerprint density at radius 1 is 1.89 bits per heavy atom. The highest BCUT2D eigenvalue weighted by Gasteiger charge is 2.23. The Balaban J connectivity index is 2.72. The molecule has 2 unspecified atom stereocenters. The Morgan fingerprint density at radius 3 is 2.78 bits per heavy atom. The van der Waals surface area contributed by atoms with Crippen LogP contribution in [0.15, 0.2) is 0 Å². The van der Waals surface area contributed by atoms with Crippen LogP contribution in [0.2, 0.25) is 0 Å². The lowest BCUT2D eigenvalue weighted by atomic mass is 10.2. The highest BCUT2D eigenvalue weighted by molar-refractivity contribution is 8.30. The number of hydrogen-bond acceptors (Lipinski definition) is 3. The predicted octanol–water partition coefficient (Wildman–Crippen LogP) is -0.0727. The molecule has 50 valence electrons. The van der Waals surface area contributed by atoms with Gasteiger partial charge in [0.15, 0.2) is 0 Å². The molecule has 0 aliphatic carbocycles. The van der Waals surface area contributed by atoms with Gasteiger partial charge in [-0.15, -0.1) is 6.42 Å².